The molecule has 0 radical (unpaired) electrons. The summed E-state index contributed by atoms with van der Waals surface area (Å²) < 4.78 is 0. The zero-order chi connectivity index (χ0) is 9.14. The molecule has 0 aromatic rings. The maximum Gasteiger partial charge on any atom is 0.306 e. The molecule has 12 heavy (non-hydrogen) atoms. The normalized spacial score (nSPS) is 36.3. The molecule has 0 spiro atoms. The Labute approximate surface area is 74.0 Å². The van der Waals surface area contributed by atoms with Crippen molar-refractivity contribution < 1.29 is 9.90 Å². The molecular formula is C10H18O2. The summed E-state index contributed by atoms with van der Waals surface area (Å²) in [5.74, 6) is 0.699. The molecule has 1 N–H and O–H groups in total. The van der Waals surface area contributed by atoms with Crippen molar-refractivity contribution in [2.45, 2.75) is 39.5 Å². The highest BCUT2D eigenvalue weighted by Gasteiger charge is 2.29. The molecule has 0 amide bonds. The Morgan fingerprint density at radius 2 is 2.17 bits per heavy atom. The lowest BCUT2D eigenvalue weighted by Gasteiger charge is -2.31. The van der Waals surface area contributed by atoms with Crippen LogP contribution in [-0.4, -0.2) is 11.1 Å². The van der Waals surface area contributed by atoms with Crippen LogP contribution in [0.3, 0.4) is 0 Å². The highest BCUT2D eigenvalue weighted by Crippen LogP contribution is 2.35. The third-order valence-corrected chi connectivity index (χ3v) is 3.22. The van der Waals surface area contributed by atoms with Crippen molar-refractivity contribution in [1.82, 2.24) is 0 Å². The number of carbonyl (C=O) groups is 1. The zero-order valence-electron chi connectivity index (χ0n) is 7.92. The standard InChI is InChI=1S/C10H18O2/c1-3-8-4-5-9(10(11)12)6-7(8)2/h7-9H,3-6H2,1-2H3,(H,11,12). The molecule has 1 aliphatic rings. The number of carboxylic acids is 1. The minimum Gasteiger partial charge on any atom is -0.481 e. The van der Waals surface area contributed by atoms with E-state index in [1.165, 1.54) is 6.42 Å². The van der Waals surface area contributed by atoms with Crippen molar-refractivity contribution >= 4 is 5.97 Å². The summed E-state index contributed by atoms with van der Waals surface area (Å²) in [5.41, 5.74) is 0. The minimum absolute atomic E-state index is 0.0669. The van der Waals surface area contributed by atoms with Crippen molar-refractivity contribution in [3.8, 4) is 0 Å². The van der Waals surface area contributed by atoms with E-state index in [-0.39, 0.29) is 5.92 Å². The number of hydrogen-bond donors (Lipinski definition) is 1. The minimum atomic E-state index is -0.601. The first-order valence-electron chi connectivity index (χ1n) is 4.88. The van der Waals surface area contributed by atoms with Gasteiger partial charge < -0.3 is 5.11 Å². The Morgan fingerprint density at radius 1 is 1.50 bits per heavy atom. The van der Waals surface area contributed by atoms with Gasteiger partial charge in [-0.1, -0.05) is 20.3 Å². The molecule has 0 heterocycles. The molecular weight excluding hydrogens is 152 g/mol. The van der Waals surface area contributed by atoms with Crippen molar-refractivity contribution in [3.63, 3.8) is 0 Å². The lowest BCUT2D eigenvalue weighted by Crippen LogP contribution is -2.27. The van der Waals surface area contributed by atoms with Crippen LogP contribution in [0, 0.1) is 17.8 Å². The molecule has 0 aliphatic heterocycles. The second-order valence-corrected chi connectivity index (χ2v) is 3.99. The van der Waals surface area contributed by atoms with Gasteiger partial charge in [0.25, 0.3) is 0 Å². The average molecular weight is 170 g/mol. The van der Waals surface area contributed by atoms with Crippen molar-refractivity contribution in [2.24, 2.45) is 17.8 Å². The lowest BCUT2D eigenvalue weighted by atomic mass is 9.74. The Bertz CT molecular complexity index is 165. The van der Waals surface area contributed by atoms with Crippen LogP contribution >= 0.6 is 0 Å². The molecule has 0 aromatic carbocycles. The molecule has 0 saturated heterocycles. The average Bonchev–Trinajstić information content (AvgIpc) is 2.04. The molecule has 3 atom stereocenters. The highest BCUT2D eigenvalue weighted by atomic mass is 16.4. The fourth-order valence-corrected chi connectivity index (χ4v) is 2.29. The fraction of sp³-hybridized carbons (Fsp3) is 0.900. The van der Waals surface area contributed by atoms with Crippen LogP contribution in [0.5, 0.6) is 0 Å². The maximum atomic E-state index is 10.7. The van der Waals surface area contributed by atoms with Crippen LogP contribution < -0.4 is 0 Å². The molecule has 1 saturated carbocycles. The fourth-order valence-electron chi connectivity index (χ4n) is 2.29. The molecule has 1 aliphatic carbocycles. The SMILES string of the molecule is CCC1CCC(C(=O)O)CC1C. The molecule has 0 bridgehead atoms. The molecule has 3 unspecified atom stereocenters. The van der Waals surface area contributed by atoms with Gasteiger partial charge in [-0.2, -0.15) is 0 Å². The van der Waals surface area contributed by atoms with Crippen LogP contribution in [0.2, 0.25) is 0 Å². The van der Waals surface area contributed by atoms with Crippen molar-refractivity contribution in [1.29, 1.82) is 0 Å². The van der Waals surface area contributed by atoms with E-state index >= 15 is 0 Å². The van der Waals surface area contributed by atoms with E-state index in [2.05, 4.69) is 13.8 Å². The van der Waals surface area contributed by atoms with Crippen LogP contribution in [-0.2, 0) is 4.79 Å². The number of hydrogen-bond acceptors (Lipinski definition) is 1. The summed E-state index contributed by atoms with van der Waals surface area (Å²) in [7, 11) is 0. The summed E-state index contributed by atoms with van der Waals surface area (Å²) >= 11 is 0. The smallest absolute Gasteiger partial charge is 0.306 e. The van der Waals surface area contributed by atoms with E-state index in [0.717, 1.165) is 25.2 Å². The highest BCUT2D eigenvalue weighted by molar-refractivity contribution is 5.70. The van der Waals surface area contributed by atoms with E-state index < -0.39 is 5.97 Å². The molecule has 2 nitrogen and oxygen atoms in total. The van der Waals surface area contributed by atoms with E-state index in [9.17, 15) is 4.79 Å². The predicted octanol–water partition coefficient (Wildman–Crippen LogP) is 2.53. The Balaban J connectivity index is 2.46. The molecule has 0 aromatic heterocycles. The van der Waals surface area contributed by atoms with Gasteiger partial charge in [0.1, 0.15) is 0 Å². The van der Waals surface area contributed by atoms with Gasteiger partial charge in [0.2, 0.25) is 0 Å². The third kappa shape index (κ3) is 1.99. The Morgan fingerprint density at radius 3 is 2.58 bits per heavy atom. The number of carboxylic acid groups (broad SMARTS) is 1. The predicted molar refractivity (Wildman–Crippen MR) is 47.9 cm³/mol. The monoisotopic (exact) mass is 170 g/mol. The lowest BCUT2D eigenvalue weighted by molar-refractivity contribution is -0.143. The summed E-state index contributed by atoms with van der Waals surface area (Å²) in [6.07, 6.45) is 4.08. The van der Waals surface area contributed by atoms with Gasteiger partial charge >= 0.3 is 5.97 Å². The summed E-state index contributed by atoms with van der Waals surface area (Å²) in [4.78, 5) is 10.7. The summed E-state index contributed by atoms with van der Waals surface area (Å²) in [6.45, 7) is 4.38. The van der Waals surface area contributed by atoms with Crippen molar-refractivity contribution in [3.05, 3.63) is 0 Å². The van der Waals surface area contributed by atoms with E-state index in [1.807, 2.05) is 0 Å². The van der Waals surface area contributed by atoms with Gasteiger partial charge in [-0.25, -0.2) is 0 Å². The zero-order valence-corrected chi connectivity index (χ0v) is 7.92. The molecule has 70 valence electrons. The molecule has 2 heteroatoms. The Kier molecular flexibility index (Phi) is 3.12. The van der Waals surface area contributed by atoms with Gasteiger partial charge in [-0.3, -0.25) is 4.79 Å². The molecule has 1 rings (SSSR count). The second kappa shape index (κ2) is 3.92. The van der Waals surface area contributed by atoms with E-state index in [1.54, 1.807) is 0 Å². The topological polar surface area (TPSA) is 37.3 Å². The third-order valence-electron chi connectivity index (χ3n) is 3.22. The van der Waals surface area contributed by atoms with E-state index in [0.29, 0.717) is 5.92 Å². The Hall–Kier alpha value is -0.530. The van der Waals surface area contributed by atoms with Gasteiger partial charge in [0.15, 0.2) is 0 Å². The second-order valence-electron chi connectivity index (χ2n) is 3.99. The quantitative estimate of drug-likeness (QED) is 0.691. The summed E-state index contributed by atoms with van der Waals surface area (Å²) in [5, 5.41) is 8.81. The van der Waals surface area contributed by atoms with Crippen LogP contribution in [0.1, 0.15) is 39.5 Å². The first-order chi connectivity index (χ1) is 5.65. The first kappa shape index (κ1) is 9.56. The molecule has 1 fully saturated rings. The number of aliphatic carboxylic acids is 1. The maximum absolute atomic E-state index is 10.7. The van der Waals surface area contributed by atoms with Gasteiger partial charge in [0.05, 0.1) is 5.92 Å². The van der Waals surface area contributed by atoms with Crippen molar-refractivity contribution in [2.75, 3.05) is 0 Å². The number of rotatable bonds is 2. The largest absolute Gasteiger partial charge is 0.481 e. The summed E-state index contributed by atoms with van der Waals surface area (Å²) in [6, 6.07) is 0. The van der Waals surface area contributed by atoms with Gasteiger partial charge in [-0.05, 0) is 31.1 Å². The van der Waals surface area contributed by atoms with Crippen LogP contribution in [0.4, 0.5) is 0 Å². The van der Waals surface area contributed by atoms with Gasteiger partial charge in [0, 0.05) is 0 Å². The van der Waals surface area contributed by atoms with Crippen LogP contribution in [0.25, 0.3) is 0 Å². The first-order valence-corrected chi connectivity index (χ1v) is 4.88. The van der Waals surface area contributed by atoms with Gasteiger partial charge in [-0.15, -0.1) is 0 Å². The van der Waals surface area contributed by atoms with E-state index in [4.69, 9.17) is 5.11 Å². The van der Waals surface area contributed by atoms with Crippen LogP contribution in [0.15, 0.2) is 0 Å².